The van der Waals surface area contributed by atoms with Crippen molar-refractivity contribution in [2.24, 2.45) is 0 Å². The van der Waals surface area contributed by atoms with Gasteiger partial charge in [-0.05, 0) is 0 Å². The Morgan fingerprint density at radius 1 is 1.29 bits per heavy atom. The third kappa shape index (κ3) is 3.69. The second kappa shape index (κ2) is 6.86. The summed E-state index contributed by atoms with van der Waals surface area (Å²) in [5.41, 5.74) is 2.94. The molecule has 0 aromatic heterocycles. The maximum absolute atomic E-state index is 2.41. The Hall–Kier alpha value is -0.521. The summed E-state index contributed by atoms with van der Waals surface area (Å²) in [7, 11) is 0. The molecule has 0 aliphatic heterocycles. The summed E-state index contributed by atoms with van der Waals surface area (Å²) in [6.07, 6.45) is 3.81. The average Bonchev–Trinajstić information content (AvgIpc) is 2.25. The van der Waals surface area contributed by atoms with Crippen molar-refractivity contribution in [2.45, 2.75) is 32.0 Å². The van der Waals surface area contributed by atoms with Crippen molar-refractivity contribution in [3.8, 4) is 0 Å². The topological polar surface area (TPSA) is 0 Å². The summed E-state index contributed by atoms with van der Waals surface area (Å²) in [5, 5.41) is 0. The molecule has 0 N–H and O–H groups in total. The Kier molecular flexibility index (Phi) is 5.66. The molecule has 0 amide bonds. The van der Waals surface area contributed by atoms with Gasteiger partial charge in [0.15, 0.2) is 0 Å². The Labute approximate surface area is 93.6 Å². The van der Waals surface area contributed by atoms with Crippen LogP contribution in [-0.4, -0.2) is 15.0 Å². The minimum atomic E-state index is 0.638. The van der Waals surface area contributed by atoms with Crippen LogP contribution >= 0.6 is 0 Å². The van der Waals surface area contributed by atoms with Crippen LogP contribution in [0.4, 0.5) is 0 Å². The van der Waals surface area contributed by atoms with Gasteiger partial charge >= 0.3 is 93.4 Å². The van der Waals surface area contributed by atoms with Crippen molar-refractivity contribution >= 4 is 20.5 Å². The van der Waals surface area contributed by atoms with Gasteiger partial charge in [0.2, 0.25) is 0 Å². The van der Waals surface area contributed by atoms with Crippen LogP contribution in [0.3, 0.4) is 0 Å². The van der Waals surface area contributed by atoms with Crippen LogP contribution in [0.15, 0.2) is 35.3 Å². The van der Waals surface area contributed by atoms with Crippen LogP contribution in [0.1, 0.15) is 31.7 Å². The molecule has 0 radical (unpaired) electrons. The Morgan fingerprint density at radius 2 is 2.00 bits per heavy atom. The van der Waals surface area contributed by atoms with Gasteiger partial charge in [0, 0.05) is 0 Å². The zero-order valence-electron chi connectivity index (χ0n) is 8.99. The first kappa shape index (κ1) is 11.6. The second-order valence-corrected chi connectivity index (χ2v) is 4.83. The van der Waals surface area contributed by atoms with Gasteiger partial charge in [0.1, 0.15) is 0 Å². The fourth-order valence-corrected chi connectivity index (χ4v) is 2.56. The summed E-state index contributed by atoms with van der Waals surface area (Å²) >= 11 is 0.638. The molecule has 0 saturated carbocycles. The van der Waals surface area contributed by atoms with Gasteiger partial charge in [-0.2, -0.15) is 0 Å². The Balaban J connectivity index is 2.73. The van der Waals surface area contributed by atoms with Crippen LogP contribution in [0.5, 0.6) is 0 Å². The number of rotatable bonds is 5. The van der Waals surface area contributed by atoms with Gasteiger partial charge in [-0.15, -0.1) is 0 Å². The molecule has 0 aliphatic carbocycles. The van der Waals surface area contributed by atoms with Crippen molar-refractivity contribution in [1.29, 1.82) is 0 Å². The number of allylic oxidation sites excluding steroid dienone is 1. The summed E-state index contributed by atoms with van der Waals surface area (Å²) in [6, 6.07) is 10.8. The first-order valence-electron chi connectivity index (χ1n) is 5.15. The number of benzene rings is 1. The summed E-state index contributed by atoms with van der Waals surface area (Å²) in [5.74, 6) is 2.27. The van der Waals surface area contributed by atoms with Crippen molar-refractivity contribution in [3.63, 3.8) is 0 Å². The summed E-state index contributed by atoms with van der Waals surface area (Å²) in [4.78, 5) is 2.41. The molecular weight excluding hydrogens is 235 g/mol. The van der Waals surface area contributed by atoms with Crippen molar-refractivity contribution in [1.82, 2.24) is 0 Å². The molecular formula is C13H18Se. The fourth-order valence-electron chi connectivity index (χ4n) is 1.43. The zero-order valence-corrected chi connectivity index (χ0v) is 10.7. The van der Waals surface area contributed by atoms with E-state index >= 15 is 0 Å². The van der Waals surface area contributed by atoms with E-state index in [1.165, 1.54) is 30.4 Å². The van der Waals surface area contributed by atoms with Gasteiger partial charge in [-0.25, -0.2) is 0 Å². The van der Waals surface area contributed by atoms with Crippen LogP contribution in [0, 0.1) is 0 Å². The molecule has 1 heteroatoms. The first-order valence-corrected chi connectivity index (χ1v) is 7.86. The second-order valence-electron chi connectivity index (χ2n) is 3.35. The standard InChI is InChI=1S/C13H18Se/c1-3-4-8-13(11-14-2)12-9-6-5-7-10-12/h5-7,9-11H,3-4,8H2,1-2H3. The van der Waals surface area contributed by atoms with E-state index in [0.717, 1.165) is 0 Å². The molecule has 0 spiro atoms. The van der Waals surface area contributed by atoms with Crippen LogP contribution < -0.4 is 0 Å². The van der Waals surface area contributed by atoms with Crippen LogP contribution in [0.25, 0.3) is 5.57 Å². The molecule has 1 rings (SSSR count). The molecule has 76 valence electrons. The fraction of sp³-hybridized carbons (Fsp3) is 0.385. The van der Waals surface area contributed by atoms with E-state index in [0.29, 0.717) is 15.0 Å². The number of hydrogen-bond acceptors (Lipinski definition) is 0. The molecule has 1 aromatic carbocycles. The Bertz CT molecular complexity index is 275. The third-order valence-electron chi connectivity index (χ3n) is 2.20. The maximum atomic E-state index is 2.41. The molecule has 0 aliphatic rings. The van der Waals surface area contributed by atoms with Gasteiger partial charge in [-0.3, -0.25) is 0 Å². The first-order chi connectivity index (χ1) is 6.88. The van der Waals surface area contributed by atoms with Crippen LogP contribution in [0.2, 0.25) is 5.82 Å². The molecule has 0 unspecified atom stereocenters. The molecule has 0 saturated heterocycles. The average molecular weight is 253 g/mol. The molecule has 0 atom stereocenters. The quantitative estimate of drug-likeness (QED) is 0.696. The molecule has 0 nitrogen and oxygen atoms in total. The molecule has 0 bridgehead atoms. The van der Waals surface area contributed by atoms with Gasteiger partial charge in [0.25, 0.3) is 0 Å². The van der Waals surface area contributed by atoms with E-state index in [-0.39, 0.29) is 0 Å². The van der Waals surface area contributed by atoms with Gasteiger partial charge in [0.05, 0.1) is 0 Å². The molecule has 0 fully saturated rings. The monoisotopic (exact) mass is 254 g/mol. The van der Waals surface area contributed by atoms with Gasteiger partial charge in [-0.1, -0.05) is 0 Å². The third-order valence-corrected chi connectivity index (χ3v) is 3.30. The predicted molar refractivity (Wildman–Crippen MR) is 65.6 cm³/mol. The molecule has 0 heterocycles. The minimum absolute atomic E-state index is 0.638. The zero-order chi connectivity index (χ0) is 10.2. The van der Waals surface area contributed by atoms with E-state index < -0.39 is 0 Å². The van der Waals surface area contributed by atoms with Crippen molar-refractivity contribution in [3.05, 3.63) is 40.9 Å². The predicted octanol–water partition coefficient (Wildman–Crippen LogP) is 3.97. The van der Waals surface area contributed by atoms with E-state index in [2.05, 4.69) is 48.1 Å². The van der Waals surface area contributed by atoms with E-state index in [4.69, 9.17) is 0 Å². The number of hydrogen-bond donors (Lipinski definition) is 0. The van der Waals surface area contributed by atoms with Gasteiger partial charge < -0.3 is 0 Å². The molecule has 1 aromatic rings. The number of unbranched alkanes of at least 4 members (excludes halogenated alkanes) is 1. The van der Waals surface area contributed by atoms with Crippen LogP contribution in [-0.2, 0) is 0 Å². The molecule has 14 heavy (non-hydrogen) atoms. The van der Waals surface area contributed by atoms with Crippen molar-refractivity contribution in [2.75, 3.05) is 0 Å². The summed E-state index contributed by atoms with van der Waals surface area (Å²) < 4.78 is 0. The summed E-state index contributed by atoms with van der Waals surface area (Å²) in [6.45, 7) is 2.25. The Morgan fingerprint density at radius 3 is 2.57 bits per heavy atom. The normalized spacial score (nSPS) is 11.7. The SMILES string of the molecule is CCCCC(=C[Se]C)c1ccccc1. The van der Waals surface area contributed by atoms with Crippen molar-refractivity contribution < 1.29 is 0 Å². The van der Waals surface area contributed by atoms with E-state index in [9.17, 15) is 0 Å². The van der Waals surface area contributed by atoms with E-state index in [1.807, 2.05) is 0 Å². The van der Waals surface area contributed by atoms with E-state index in [1.54, 1.807) is 0 Å².